The SMILES string of the molecule is Cc1ccc(-n2c(C)cc(C(=O)CNCC(C)C)c2C)cc1. The van der Waals surface area contributed by atoms with Gasteiger partial charge >= 0.3 is 0 Å². The second-order valence-electron chi connectivity index (χ2n) is 6.40. The summed E-state index contributed by atoms with van der Waals surface area (Å²) in [7, 11) is 0. The van der Waals surface area contributed by atoms with Crippen LogP contribution in [0, 0.1) is 26.7 Å². The molecule has 0 aliphatic heterocycles. The van der Waals surface area contributed by atoms with Crippen molar-refractivity contribution in [2.75, 3.05) is 13.1 Å². The largest absolute Gasteiger partial charge is 0.318 e. The fraction of sp³-hybridized carbons (Fsp3) is 0.421. The molecular formula is C19H26N2O. The first-order valence-electron chi connectivity index (χ1n) is 7.90. The van der Waals surface area contributed by atoms with Crippen LogP contribution in [0.2, 0.25) is 0 Å². The third kappa shape index (κ3) is 3.66. The Balaban J connectivity index is 2.23. The molecule has 2 aromatic rings. The molecule has 0 saturated heterocycles. The average molecular weight is 298 g/mol. The smallest absolute Gasteiger partial charge is 0.178 e. The van der Waals surface area contributed by atoms with Crippen molar-refractivity contribution in [3.63, 3.8) is 0 Å². The summed E-state index contributed by atoms with van der Waals surface area (Å²) < 4.78 is 2.15. The molecule has 118 valence electrons. The Hall–Kier alpha value is -1.87. The van der Waals surface area contributed by atoms with E-state index >= 15 is 0 Å². The van der Waals surface area contributed by atoms with E-state index in [9.17, 15) is 4.79 Å². The molecule has 0 aliphatic carbocycles. The van der Waals surface area contributed by atoms with Crippen molar-refractivity contribution in [1.29, 1.82) is 0 Å². The molecule has 1 heterocycles. The van der Waals surface area contributed by atoms with Gasteiger partial charge < -0.3 is 9.88 Å². The summed E-state index contributed by atoms with van der Waals surface area (Å²) >= 11 is 0. The lowest BCUT2D eigenvalue weighted by atomic mass is 10.1. The van der Waals surface area contributed by atoms with Gasteiger partial charge in [-0.05, 0) is 51.4 Å². The van der Waals surface area contributed by atoms with Crippen LogP contribution >= 0.6 is 0 Å². The molecule has 22 heavy (non-hydrogen) atoms. The third-order valence-electron chi connectivity index (χ3n) is 3.86. The number of benzene rings is 1. The number of rotatable bonds is 6. The third-order valence-corrected chi connectivity index (χ3v) is 3.86. The van der Waals surface area contributed by atoms with Gasteiger partial charge in [0.2, 0.25) is 0 Å². The van der Waals surface area contributed by atoms with E-state index in [2.05, 4.69) is 54.9 Å². The van der Waals surface area contributed by atoms with Gasteiger partial charge in [0, 0.05) is 22.6 Å². The van der Waals surface area contributed by atoms with Crippen molar-refractivity contribution in [2.24, 2.45) is 5.92 Å². The van der Waals surface area contributed by atoms with Gasteiger partial charge in [-0.25, -0.2) is 0 Å². The van der Waals surface area contributed by atoms with E-state index in [1.807, 2.05) is 19.9 Å². The Kier molecular flexibility index (Phi) is 5.19. The second kappa shape index (κ2) is 6.93. The van der Waals surface area contributed by atoms with Gasteiger partial charge in [-0.15, -0.1) is 0 Å². The minimum Gasteiger partial charge on any atom is -0.318 e. The van der Waals surface area contributed by atoms with E-state index in [1.165, 1.54) is 5.56 Å². The fourth-order valence-corrected chi connectivity index (χ4v) is 2.71. The number of carbonyl (C=O) groups excluding carboxylic acids is 1. The number of hydrogen-bond donors (Lipinski definition) is 1. The Bertz CT molecular complexity index is 651. The van der Waals surface area contributed by atoms with Gasteiger partial charge in [0.1, 0.15) is 0 Å². The first-order chi connectivity index (χ1) is 10.4. The van der Waals surface area contributed by atoms with Gasteiger partial charge in [-0.3, -0.25) is 4.79 Å². The number of nitrogens with one attached hydrogen (secondary N) is 1. The van der Waals surface area contributed by atoms with Crippen molar-refractivity contribution in [3.8, 4) is 5.69 Å². The number of ketones is 1. The first-order valence-corrected chi connectivity index (χ1v) is 7.90. The van der Waals surface area contributed by atoms with Crippen molar-refractivity contribution in [2.45, 2.75) is 34.6 Å². The quantitative estimate of drug-likeness (QED) is 0.822. The van der Waals surface area contributed by atoms with Gasteiger partial charge in [0.05, 0.1) is 6.54 Å². The summed E-state index contributed by atoms with van der Waals surface area (Å²) in [5, 5.41) is 3.23. The van der Waals surface area contributed by atoms with Crippen LogP contribution in [-0.4, -0.2) is 23.4 Å². The lowest BCUT2D eigenvalue weighted by Gasteiger charge is -2.10. The number of nitrogens with zero attached hydrogens (tertiary/aromatic N) is 1. The number of carbonyl (C=O) groups is 1. The first kappa shape index (κ1) is 16.5. The van der Waals surface area contributed by atoms with Crippen molar-refractivity contribution < 1.29 is 4.79 Å². The number of aromatic nitrogens is 1. The summed E-state index contributed by atoms with van der Waals surface area (Å²) in [6.45, 7) is 11.7. The molecule has 0 spiro atoms. The molecule has 0 fully saturated rings. The zero-order valence-electron chi connectivity index (χ0n) is 14.2. The lowest BCUT2D eigenvalue weighted by molar-refractivity contribution is 0.0990. The van der Waals surface area contributed by atoms with E-state index in [0.29, 0.717) is 12.5 Å². The maximum absolute atomic E-state index is 12.4. The lowest BCUT2D eigenvalue weighted by Crippen LogP contribution is -2.26. The van der Waals surface area contributed by atoms with E-state index < -0.39 is 0 Å². The molecule has 0 bridgehead atoms. The Morgan fingerprint density at radius 1 is 1.14 bits per heavy atom. The Morgan fingerprint density at radius 2 is 1.77 bits per heavy atom. The molecule has 0 amide bonds. The zero-order valence-corrected chi connectivity index (χ0v) is 14.2. The highest BCUT2D eigenvalue weighted by Gasteiger charge is 2.16. The number of Topliss-reactive ketones (excluding diaryl/α,β-unsaturated/α-hetero) is 1. The van der Waals surface area contributed by atoms with Crippen LogP contribution in [0.5, 0.6) is 0 Å². The average Bonchev–Trinajstić information content (AvgIpc) is 2.75. The summed E-state index contributed by atoms with van der Waals surface area (Å²) in [6.07, 6.45) is 0. The molecule has 0 aliphatic rings. The van der Waals surface area contributed by atoms with Gasteiger partial charge in [-0.2, -0.15) is 0 Å². The molecule has 0 unspecified atom stereocenters. The molecule has 3 heteroatoms. The van der Waals surface area contributed by atoms with Gasteiger partial charge in [0.15, 0.2) is 5.78 Å². The van der Waals surface area contributed by atoms with Crippen molar-refractivity contribution in [1.82, 2.24) is 9.88 Å². The van der Waals surface area contributed by atoms with Gasteiger partial charge in [0.25, 0.3) is 0 Å². The van der Waals surface area contributed by atoms with E-state index in [0.717, 1.165) is 29.2 Å². The second-order valence-corrected chi connectivity index (χ2v) is 6.40. The highest BCUT2D eigenvalue weighted by Crippen LogP contribution is 2.21. The minimum absolute atomic E-state index is 0.159. The molecule has 1 N–H and O–H groups in total. The monoisotopic (exact) mass is 298 g/mol. The summed E-state index contributed by atoms with van der Waals surface area (Å²) in [6, 6.07) is 10.4. The molecule has 0 radical (unpaired) electrons. The van der Waals surface area contributed by atoms with Crippen LogP contribution < -0.4 is 5.32 Å². The summed E-state index contributed by atoms with van der Waals surface area (Å²) in [5.74, 6) is 0.708. The van der Waals surface area contributed by atoms with Crippen LogP contribution in [-0.2, 0) is 0 Å². The van der Waals surface area contributed by atoms with Crippen LogP contribution in [0.25, 0.3) is 5.69 Å². The highest BCUT2D eigenvalue weighted by atomic mass is 16.1. The highest BCUT2D eigenvalue weighted by molar-refractivity contribution is 5.99. The molecule has 0 saturated carbocycles. The van der Waals surface area contributed by atoms with Crippen molar-refractivity contribution >= 4 is 5.78 Å². The normalized spacial score (nSPS) is 11.2. The maximum Gasteiger partial charge on any atom is 0.178 e. The van der Waals surface area contributed by atoms with E-state index in [-0.39, 0.29) is 5.78 Å². The number of hydrogen-bond acceptors (Lipinski definition) is 2. The summed E-state index contributed by atoms with van der Waals surface area (Å²) in [4.78, 5) is 12.4. The predicted octanol–water partition coefficient (Wildman–Crippen LogP) is 3.83. The molecule has 0 atom stereocenters. The zero-order chi connectivity index (χ0) is 16.3. The van der Waals surface area contributed by atoms with Crippen LogP contribution in [0.4, 0.5) is 0 Å². The molecular weight excluding hydrogens is 272 g/mol. The van der Waals surface area contributed by atoms with Crippen LogP contribution in [0.3, 0.4) is 0 Å². The predicted molar refractivity (Wildman–Crippen MR) is 92.0 cm³/mol. The maximum atomic E-state index is 12.4. The number of aryl methyl sites for hydroxylation is 2. The Labute approximate surface area is 133 Å². The molecule has 1 aromatic heterocycles. The van der Waals surface area contributed by atoms with Gasteiger partial charge in [-0.1, -0.05) is 31.5 Å². The van der Waals surface area contributed by atoms with Crippen molar-refractivity contribution in [3.05, 3.63) is 52.8 Å². The topological polar surface area (TPSA) is 34.0 Å². The van der Waals surface area contributed by atoms with E-state index in [4.69, 9.17) is 0 Å². The Morgan fingerprint density at radius 3 is 2.36 bits per heavy atom. The summed E-state index contributed by atoms with van der Waals surface area (Å²) in [5.41, 5.74) is 5.26. The molecule has 1 aromatic carbocycles. The molecule has 2 rings (SSSR count). The minimum atomic E-state index is 0.159. The molecule has 3 nitrogen and oxygen atoms in total. The fourth-order valence-electron chi connectivity index (χ4n) is 2.71. The van der Waals surface area contributed by atoms with E-state index in [1.54, 1.807) is 0 Å². The van der Waals surface area contributed by atoms with Crippen LogP contribution in [0.1, 0.15) is 41.2 Å². The van der Waals surface area contributed by atoms with Crippen LogP contribution in [0.15, 0.2) is 30.3 Å². The standard InChI is InChI=1S/C19H26N2O/c1-13(2)11-20-12-19(22)18-10-15(4)21(16(18)5)17-8-6-14(3)7-9-17/h6-10,13,20H,11-12H2,1-5H3.